The van der Waals surface area contributed by atoms with E-state index in [4.69, 9.17) is 5.26 Å². The molecule has 1 atom stereocenters. The van der Waals surface area contributed by atoms with Gasteiger partial charge in [0, 0.05) is 29.7 Å². The number of nitriles is 1. The number of likely N-dealkylation sites (N-methyl/N-ethyl adjacent to an activating group) is 1. The second kappa shape index (κ2) is 5.47. The van der Waals surface area contributed by atoms with Gasteiger partial charge >= 0.3 is 0 Å². The standard InChI is InChI=1S/C20H18FN3/c1-23(2)17-8-15-7-16(21)9-18-19(12-24(11-17)20(15)18)14-5-3-4-13(6-14)10-22/h3-7,9,12,17H,8,11H2,1-2H3/t17-/m0/s1. The lowest BCUT2D eigenvalue weighted by Gasteiger charge is -2.29. The second-order valence-corrected chi connectivity index (χ2v) is 6.67. The molecule has 1 aliphatic heterocycles. The first-order valence-corrected chi connectivity index (χ1v) is 8.05. The summed E-state index contributed by atoms with van der Waals surface area (Å²) in [4.78, 5) is 2.19. The van der Waals surface area contributed by atoms with E-state index in [2.05, 4.69) is 35.8 Å². The van der Waals surface area contributed by atoms with E-state index in [0.29, 0.717) is 11.6 Å². The van der Waals surface area contributed by atoms with E-state index < -0.39 is 0 Å². The minimum Gasteiger partial charge on any atom is -0.345 e. The van der Waals surface area contributed by atoms with Gasteiger partial charge in [-0.15, -0.1) is 0 Å². The highest BCUT2D eigenvalue weighted by Gasteiger charge is 2.25. The molecule has 120 valence electrons. The summed E-state index contributed by atoms with van der Waals surface area (Å²) < 4.78 is 16.4. The third-order valence-corrected chi connectivity index (χ3v) is 4.91. The van der Waals surface area contributed by atoms with Gasteiger partial charge in [-0.05, 0) is 55.9 Å². The molecule has 0 bridgehead atoms. The molecule has 0 radical (unpaired) electrons. The fourth-order valence-corrected chi connectivity index (χ4v) is 3.67. The Kier molecular flexibility index (Phi) is 3.40. The van der Waals surface area contributed by atoms with E-state index in [-0.39, 0.29) is 5.82 Å². The number of nitrogens with zero attached hydrogens (tertiary/aromatic N) is 3. The molecule has 4 rings (SSSR count). The predicted octanol–water partition coefficient (Wildman–Crippen LogP) is 3.81. The van der Waals surface area contributed by atoms with E-state index in [1.54, 1.807) is 18.2 Å². The predicted molar refractivity (Wildman–Crippen MR) is 93.2 cm³/mol. The zero-order valence-corrected chi connectivity index (χ0v) is 13.8. The molecule has 2 aromatic carbocycles. The molecule has 0 amide bonds. The average Bonchev–Trinajstić information content (AvgIpc) is 2.94. The largest absolute Gasteiger partial charge is 0.345 e. The normalized spacial score (nSPS) is 16.5. The van der Waals surface area contributed by atoms with Gasteiger partial charge in [-0.2, -0.15) is 5.26 Å². The number of benzene rings is 2. The Morgan fingerprint density at radius 3 is 2.83 bits per heavy atom. The van der Waals surface area contributed by atoms with Crippen LogP contribution < -0.4 is 0 Å². The van der Waals surface area contributed by atoms with Crippen molar-refractivity contribution in [3.8, 4) is 17.2 Å². The van der Waals surface area contributed by atoms with Crippen LogP contribution in [0.4, 0.5) is 4.39 Å². The molecule has 2 heterocycles. The molecule has 3 aromatic rings. The first-order valence-electron chi connectivity index (χ1n) is 8.05. The third-order valence-electron chi connectivity index (χ3n) is 4.91. The average molecular weight is 319 g/mol. The molecule has 4 heteroatoms. The Labute approximate surface area is 140 Å². The van der Waals surface area contributed by atoms with Crippen LogP contribution in [0.25, 0.3) is 22.0 Å². The SMILES string of the molecule is CN(C)[C@H]1Cc2cc(F)cc3c(-c4cccc(C#N)c4)cn(c23)C1. The van der Waals surface area contributed by atoms with Crippen molar-refractivity contribution in [1.82, 2.24) is 9.47 Å². The van der Waals surface area contributed by atoms with Crippen molar-refractivity contribution < 1.29 is 4.39 Å². The molecule has 0 unspecified atom stereocenters. The molecular weight excluding hydrogens is 301 g/mol. The first-order chi connectivity index (χ1) is 11.6. The van der Waals surface area contributed by atoms with E-state index in [0.717, 1.165) is 40.6 Å². The van der Waals surface area contributed by atoms with Crippen molar-refractivity contribution >= 4 is 10.9 Å². The Morgan fingerprint density at radius 2 is 2.08 bits per heavy atom. The van der Waals surface area contributed by atoms with Gasteiger partial charge in [-0.3, -0.25) is 0 Å². The molecule has 0 saturated carbocycles. The summed E-state index contributed by atoms with van der Waals surface area (Å²) in [5, 5.41) is 10.1. The van der Waals surface area contributed by atoms with Crippen molar-refractivity contribution in [1.29, 1.82) is 5.26 Å². The summed E-state index contributed by atoms with van der Waals surface area (Å²) in [7, 11) is 4.12. The molecule has 0 fully saturated rings. The molecule has 24 heavy (non-hydrogen) atoms. The lowest BCUT2D eigenvalue weighted by atomic mass is 9.97. The molecule has 0 saturated heterocycles. The summed E-state index contributed by atoms with van der Waals surface area (Å²) in [6, 6.07) is 13.3. The number of halogens is 1. The maximum atomic E-state index is 14.2. The smallest absolute Gasteiger partial charge is 0.124 e. The Morgan fingerprint density at radius 1 is 1.25 bits per heavy atom. The summed E-state index contributed by atoms with van der Waals surface area (Å²) in [6.45, 7) is 0.889. The quantitative estimate of drug-likeness (QED) is 0.719. The van der Waals surface area contributed by atoms with Crippen molar-refractivity contribution in [3.63, 3.8) is 0 Å². The summed E-state index contributed by atoms with van der Waals surface area (Å²) in [6.07, 6.45) is 2.95. The monoisotopic (exact) mass is 319 g/mol. The van der Waals surface area contributed by atoms with Gasteiger partial charge in [-0.1, -0.05) is 12.1 Å². The number of hydrogen-bond acceptors (Lipinski definition) is 2. The highest BCUT2D eigenvalue weighted by molar-refractivity contribution is 5.98. The van der Waals surface area contributed by atoms with Crippen LogP contribution in [0.3, 0.4) is 0 Å². The minimum atomic E-state index is -0.202. The van der Waals surface area contributed by atoms with Crippen LogP contribution in [0, 0.1) is 17.1 Å². The van der Waals surface area contributed by atoms with Gasteiger partial charge in [0.25, 0.3) is 0 Å². The lowest BCUT2D eigenvalue weighted by molar-refractivity contribution is 0.258. The van der Waals surface area contributed by atoms with Crippen molar-refractivity contribution in [3.05, 3.63) is 59.5 Å². The van der Waals surface area contributed by atoms with Gasteiger partial charge in [-0.25, -0.2) is 4.39 Å². The van der Waals surface area contributed by atoms with Crippen LogP contribution in [0.5, 0.6) is 0 Å². The highest BCUT2D eigenvalue weighted by Crippen LogP contribution is 2.36. The summed E-state index contributed by atoms with van der Waals surface area (Å²) >= 11 is 0. The maximum Gasteiger partial charge on any atom is 0.124 e. The topological polar surface area (TPSA) is 32.0 Å². The van der Waals surface area contributed by atoms with Gasteiger partial charge in [0.15, 0.2) is 0 Å². The molecule has 0 spiro atoms. The first kappa shape index (κ1) is 14.9. The van der Waals surface area contributed by atoms with Crippen LogP contribution in [0.1, 0.15) is 11.1 Å². The van der Waals surface area contributed by atoms with Gasteiger partial charge in [0.1, 0.15) is 5.82 Å². The molecule has 1 aliphatic rings. The molecular formula is C20H18FN3. The van der Waals surface area contributed by atoms with Crippen LogP contribution in [0.2, 0.25) is 0 Å². The fourth-order valence-electron chi connectivity index (χ4n) is 3.67. The number of rotatable bonds is 2. The van der Waals surface area contributed by atoms with Crippen molar-refractivity contribution in [2.75, 3.05) is 14.1 Å². The van der Waals surface area contributed by atoms with Crippen LogP contribution >= 0.6 is 0 Å². The Bertz CT molecular complexity index is 978. The van der Waals surface area contributed by atoms with Crippen LogP contribution in [-0.2, 0) is 13.0 Å². The highest BCUT2D eigenvalue weighted by atomic mass is 19.1. The van der Waals surface area contributed by atoms with E-state index >= 15 is 0 Å². The van der Waals surface area contributed by atoms with Crippen LogP contribution in [-0.4, -0.2) is 29.6 Å². The van der Waals surface area contributed by atoms with Crippen LogP contribution in [0.15, 0.2) is 42.6 Å². The lowest BCUT2D eigenvalue weighted by Crippen LogP contribution is -2.36. The maximum absolute atomic E-state index is 14.2. The van der Waals surface area contributed by atoms with E-state index in [1.807, 2.05) is 18.2 Å². The molecule has 1 aromatic heterocycles. The van der Waals surface area contributed by atoms with Gasteiger partial charge in [0.2, 0.25) is 0 Å². The molecule has 3 nitrogen and oxygen atoms in total. The Balaban J connectivity index is 1.96. The fraction of sp³-hybridized carbons (Fsp3) is 0.250. The summed E-state index contributed by atoms with van der Waals surface area (Å²) in [5.74, 6) is -0.202. The molecule has 0 aliphatic carbocycles. The third kappa shape index (κ3) is 2.29. The number of hydrogen-bond donors (Lipinski definition) is 0. The van der Waals surface area contributed by atoms with E-state index in [1.165, 1.54) is 0 Å². The van der Waals surface area contributed by atoms with Crippen molar-refractivity contribution in [2.45, 2.75) is 19.0 Å². The van der Waals surface area contributed by atoms with Crippen molar-refractivity contribution in [2.24, 2.45) is 0 Å². The second-order valence-electron chi connectivity index (χ2n) is 6.67. The van der Waals surface area contributed by atoms with Gasteiger partial charge < -0.3 is 9.47 Å². The summed E-state index contributed by atoms with van der Waals surface area (Å²) in [5.41, 5.74) is 4.73. The van der Waals surface area contributed by atoms with Gasteiger partial charge in [0.05, 0.1) is 17.1 Å². The Hall–Kier alpha value is -2.64. The minimum absolute atomic E-state index is 0.202. The van der Waals surface area contributed by atoms with E-state index in [9.17, 15) is 4.39 Å². The number of aromatic nitrogens is 1. The zero-order chi connectivity index (χ0) is 16.8. The zero-order valence-electron chi connectivity index (χ0n) is 13.8. The molecule has 0 N–H and O–H groups in total.